The molecule has 1 heterocycles. The third kappa shape index (κ3) is 4.28. The monoisotopic (exact) mass is 285 g/mol. The Balaban J connectivity index is 2.03. The Labute approximate surface area is 126 Å². The van der Waals surface area contributed by atoms with Gasteiger partial charge in [0.25, 0.3) is 0 Å². The second-order valence-corrected chi connectivity index (χ2v) is 5.40. The first kappa shape index (κ1) is 15.5. The number of methoxy groups -OCH3 is 1. The van der Waals surface area contributed by atoms with Crippen LogP contribution in [0, 0.1) is 6.92 Å². The highest BCUT2D eigenvalue weighted by Crippen LogP contribution is 2.25. The fourth-order valence-corrected chi connectivity index (χ4v) is 2.44. The molecule has 0 aliphatic rings. The molecule has 4 nitrogen and oxygen atoms in total. The minimum Gasteiger partial charge on any atom is -0.496 e. The number of benzene rings is 1. The zero-order chi connectivity index (χ0) is 15.2. The fraction of sp³-hybridized carbons (Fsp3) is 0.353. The normalized spacial score (nSPS) is 12.4. The largest absolute Gasteiger partial charge is 0.496 e. The summed E-state index contributed by atoms with van der Waals surface area (Å²) in [4.78, 5) is 6.24. The first-order valence-corrected chi connectivity index (χ1v) is 7.07. The molecule has 1 aromatic heterocycles. The molecule has 21 heavy (non-hydrogen) atoms. The molecule has 2 rings (SSSR count). The van der Waals surface area contributed by atoms with Gasteiger partial charge in [-0.25, -0.2) is 0 Å². The van der Waals surface area contributed by atoms with Crippen molar-refractivity contribution in [3.63, 3.8) is 0 Å². The molecule has 0 amide bonds. The minimum absolute atomic E-state index is 0.0771. The average Bonchev–Trinajstić information content (AvgIpc) is 2.48. The quantitative estimate of drug-likeness (QED) is 0.886. The molecule has 1 unspecified atom stereocenters. The van der Waals surface area contributed by atoms with Crippen molar-refractivity contribution in [2.45, 2.75) is 19.5 Å². The van der Waals surface area contributed by atoms with E-state index in [-0.39, 0.29) is 6.04 Å². The van der Waals surface area contributed by atoms with Crippen molar-refractivity contribution in [2.24, 2.45) is 5.73 Å². The summed E-state index contributed by atoms with van der Waals surface area (Å²) in [6.45, 7) is 3.68. The van der Waals surface area contributed by atoms with Crippen LogP contribution in [0.5, 0.6) is 5.75 Å². The van der Waals surface area contributed by atoms with Gasteiger partial charge in [-0.2, -0.15) is 0 Å². The number of rotatable bonds is 6. The van der Waals surface area contributed by atoms with Gasteiger partial charge in [-0.15, -0.1) is 0 Å². The Kier molecular flexibility index (Phi) is 5.31. The fourth-order valence-electron chi connectivity index (χ4n) is 2.44. The zero-order valence-electron chi connectivity index (χ0n) is 12.9. The van der Waals surface area contributed by atoms with Gasteiger partial charge in [-0.1, -0.05) is 17.7 Å². The highest BCUT2D eigenvalue weighted by atomic mass is 16.5. The second-order valence-electron chi connectivity index (χ2n) is 5.40. The van der Waals surface area contributed by atoms with Gasteiger partial charge in [0.05, 0.1) is 7.11 Å². The van der Waals surface area contributed by atoms with E-state index in [1.807, 2.05) is 36.7 Å². The number of nitrogens with two attached hydrogens (primary N) is 1. The Bertz CT molecular complexity index is 572. The molecule has 112 valence electrons. The van der Waals surface area contributed by atoms with Gasteiger partial charge in [0, 0.05) is 37.1 Å². The van der Waals surface area contributed by atoms with E-state index < -0.39 is 0 Å². The Morgan fingerprint density at radius 3 is 2.62 bits per heavy atom. The van der Waals surface area contributed by atoms with Crippen LogP contribution < -0.4 is 10.5 Å². The molecule has 4 heteroatoms. The third-order valence-electron chi connectivity index (χ3n) is 3.49. The van der Waals surface area contributed by atoms with Gasteiger partial charge in [-0.05, 0) is 37.7 Å². The van der Waals surface area contributed by atoms with Crippen LogP contribution in [-0.2, 0) is 6.54 Å². The molecule has 0 radical (unpaired) electrons. The van der Waals surface area contributed by atoms with Crippen LogP contribution in [0.3, 0.4) is 0 Å². The van der Waals surface area contributed by atoms with E-state index in [0.29, 0.717) is 0 Å². The van der Waals surface area contributed by atoms with Crippen molar-refractivity contribution in [1.29, 1.82) is 0 Å². The van der Waals surface area contributed by atoms with Crippen LogP contribution in [0.25, 0.3) is 0 Å². The molecule has 1 aromatic carbocycles. The van der Waals surface area contributed by atoms with Crippen molar-refractivity contribution in [1.82, 2.24) is 9.88 Å². The van der Waals surface area contributed by atoms with Crippen molar-refractivity contribution in [2.75, 3.05) is 20.7 Å². The van der Waals surface area contributed by atoms with Gasteiger partial charge < -0.3 is 15.4 Å². The highest BCUT2D eigenvalue weighted by Gasteiger charge is 2.14. The molecule has 1 atom stereocenters. The summed E-state index contributed by atoms with van der Waals surface area (Å²) in [7, 11) is 3.75. The van der Waals surface area contributed by atoms with Crippen molar-refractivity contribution >= 4 is 0 Å². The maximum atomic E-state index is 6.36. The van der Waals surface area contributed by atoms with E-state index >= 15 is 0 Å². The van der Waals surface area contributed by atoms with E-state index in [0.717, 1.165) is 24.4 Å². The second kappa shape index (κ2) is 7.20. The minimum atomic E-state index is -0.0771. The van der Waals surface area contributed by atoms with E-state index in [2.05, 4.69) is 29.9 Å². The van der Waals surface area contributed by atoms with Gasteiger partial charge in [0.2, 0.25) is 0 Å². The predicted octanol–water partition coefficient (Wildman–Crippen LogP) is 2.53. The molecule has 0 spiro atoms. The number of ether oxygens (including phenoxy) is 1. The van der Waals surface area contributed by atoms with Gasteiger partial charge in [0.1, 0.15) is 5.75 Å². The molecular weight excluding hydrogens is 262 g/mol. The average molecular weight is 285 g/mol. The third-order valence-corrected chi connectivity index (χ3v) is 3.49. The van der Waals surface area contributed by atoms with Crippen molar-refractivity contribution < 1.29 is 4.74 Å². The van der Waals surface area contributed by atoms with Gasteiger partial charge in [-0.3, -0.25) is 4.98 Å². The maximum Gasteiger partial charge on any atom is 0.123 e. The number of aryl methyl sites for hydroxylation is 1. The summed E-state index contributed by atoms with van der Waals surface area (Å²) < 4.78 is 5.41. The summed E-state index contributed by atoms with van der Waals surface area (Å²) in [5.74, 6) is 0.852. The van der Waals surface area contributed by atoms with Crippen molar-refractivity contribution in [3.05, 3.63) is 59.4 Å². The lowest BCUT2D eigenvalue weighted by Crippen LogP contribution is -2.29. The maximum absolute atomic E-state index is 6.36. The van der Waals surface area contributed by atoms with E-state index in [1.54, 1.807) is 7.11 Å². The van der Waals surface area contributed by atoms with E-state index in [1.165, 1.54) is 11.1 Å². The summed E-state index contributed by atoms with van der Waals surface area (Å²) in [6, 6.07) is 10.1. The SMILES string of the molecule is COc1ccc(C)cc1C(N)CN(C)Cc1ccncc1. The van der Waals surface area contributed by atoms with E-state index in [9.17, 15) is 0 Å². The summed E-state index contributed by atoms with van der Waals surface area (Å²) in [5, 5.41) is 0. The standard InChI is InChI=1S/C17H23N3O/c1-13-4-5-17(21-3)15(10-13)16(18)12-20(2)11-14-6-8-19-9-7-14/h4-10,16H,11-12,18H2,1-3H3. The molecule has 0 bridgehead atoms. The van der Waals surface area contributed by atoms with E-state index in [4.69, 9.17) is 10.5 Å². The van der Waals surface area contributed by atoms with Gasteiger partial charge >= 0.3 is 0 Å². The molecule has 0 aliphatic heterocycles. The number of nitrogens with zero attached hydrogens (tertiary/aromatic N) is 2. The van der Waals surface area contributed by atoms with Crippen LogP contribution in [0.1, 0.15) is 22.7 Å². The topological polar surface area (TPSA) is 51.4 Å². The molecule has 2 N–H and O–H groups in total. The molecule has 2 aromatic rings. The first-order valence-electron chi connectivity index (χ1n) is 7.07. The predicted molar refractivity (Wildman–Crippen MR) is 85.2 cm³/mol. The molecular formula is C17H23N3O. The Morgan fingerprint density at radius 2 is 1.95 bits per heavy atom. The number of pyridine rings is 1. The van der Waals surface area contributed by atoms with Crippen molar-refractivity contribution in [3.8, 4) is 5.75 Å². The van der Waals surface area contributed by atoms with Crippen LogP contribution in [-0.4, -0.2) is 30.6 Å². The van der Waals surface area contributed by atoms with Crippen LogP contribution in [0.2, 0.25) is 0 Å². The molecule has 0 saturated carbocycles. The Hall–Kier alpha value is -1.91. The zero-order valence-corrected chi connectivity index (χ0v) is 12.9. The first-order chi connectivity index (χ1) is 10.1. The smallest absolute Gasteiger partial charge is 0.123 e. The van der Waals surface area contributed by atoms with Crippen LogP contribution in [0.4, 0.5) is 0 Å². The highest BCUT2D eigenvalue weighted by molar-refractivity contribution is 5.39. The molecule has 0 fully saturated rings. The molecule has 0 saturated heterocycles. The summed E-state index contributed by atoms with van der Waals surface area (Å²) in [6.07, 6.45) is 3.62. The van der Waals surface area contributed by atoms with Crippen LogP contribution in [0.15, 0.2) is 42.7 Å². The van der Waals surface area contributed by atoms with Crippen LogP contribution >= 0.6 is 0 Å². The summed E-state index contributed by atoms with van der Waals surface area (Å²) in [5.41, 5.74) is 9.84. The lowest BCUT2D eigenvalue weighted by Gasteiger charge is -2.23. The lowest BCUT2D eigenvalue weighted by molar-refractivity contribution is 0.301. The van der Waals surface area contributed by atoms with Gasteiger partial charge in [0.15, 0.2) is 0 Å². The lowest BCUT2D eigenvalue weighted by atomic mass is 10.0. The number of hydrogen-bond acceptors (Lipinski definition) is 4. The Morgan fingerprint density at radius 1 is 1.24 bits per heavy atom. The summed E-state index contributed by atoms with van der Waals surface area (Å²) >= 11 is 0. The molecule has 0 aliphatic carbocycles. The number of likely N-dealkylation sites (N-methyl/N-ethyl adjacent to an activating group) is 1. The number of hydrogen-bond donors (Lipinski definition) is 1. The number of aromatic nitrogens is 1.